The number of rotatable bonds is 8. The molecule has 330 valence electrons. The molecule has 0 spiro atoms. The van der Waals surface area contributed by atoms with Crippen LogP contribution < -0.4 is 25.6 Å². The smallest absolute Gasteiger partial charge is 0.179 e. The zero-order valence-corrected chi connectivity index (χ0v) is 39.8. The molecule has 15 rings (SSSR count). The highest BCUT2D eigenvalue weighted by Crippen LogP contribution is 2.58. The molecule has 70 heavy (non-hydrogen) atoms. The second-order valence-electron chi connectivity index (χ2n) is 19.4. The third-order valence-electron chi connectivity index (χ3n) is 15.9. The zero-order chi connectivity index (χ0) is 46.2. The first-order chi connectivity index (χ1) is 34.8. The van der Waals surface area contributed by atoms with Crippen molar-refractivity contribution < 1.29 is 0 Å². The summed E-state index contributed by atoms with van der Waals surface area (Å²) in [6.45, 7) is 0. The highest BCUT2D eigenvalue weighted by Gasteiger charge is 2.50. The summed E-state index contributed by atoms with van der Waals surface area (Å²) < 4.78 is 0. The van der Waals surface area contributed by atoms with Crippen molar-refractivity contribution in [2.24, 2.45) is 0 Å². The van der Waals surface area contributed by atoms with Crippen molar-refractivity contribution in [2.75, 3.05) is 4.90 Å². The minimum Gasteiger partial charge on any atom is -0.333 e. The van der Waals surface area contributed by atoms with Crippen molar-refractivity contribution in [2.45, 2.75) is 24.3 Å². The maximum Gasteiger partial charge on any atom is 0.179 e. The van der Waals surface area contributed by atoms with Crippen LogP contribution in [-0.4, -0.2) is 14.1 Å². The highest BCUT2D eigenvalue weighted by molar-refractivity contribution is 7.20. The first-order valence-electron chi connectivity index (χ1n) is 24.8. The Labute approximate surface area is 412 Å². The van der Waals surface area contributed by atoms with Gasteiger partial charge in [0.05, 0.1) is 6.04 Å². The van der Waals surface area contributed by atoms with Gasteiger partial charge in [0.1, 0.15) is 0 Å². The van der Waals surface area contributed by atoms with Gasteiger partial charge in [-0.15, -0.1) is 0 Å². The lowest BCUT2D eigenvalue weighted by atomic mass is 9.59. The SMILES string of the molecule is C1=C(c2cccc3c2C2c4ccccc4C3c3cccc([Si](c4ccccc4)(c4cccc(-c5ccccc5)c4)c4cccc(-c5ccccc5)c4)c32)C=C2c3ccccc3N(c3ccccc3)C2C1. The molecule has 1 nitrogen and oxygen atoms in total. The Balaban J connectivity index is 1.03. The van der Waals surface area contributed by atoms with Gasteiger partial charge in [0.25, 0.3) is 0 Å². The molecular formula is C68H49NSi. The predicted molar refractivity (Wildman–Crippen MR) is 295 cm³/mol. The van der Waals surface area contributed by atoms with Crippen LogP contribution in [0.1, 0.15) is 62.8 Å². The Bertz CT molecular complexity index is 3620. The van der Waals surface area contributed by atoms with Crippen LogP contribution in [-0.2, 0) is 0 Å². The fourth-order valence-corrected chi connectivity index (χ4v) is 18.1. The zero-order valence-electron chi connectivity index (χ0n) is 38.8. The Morgan fingerprint density at radius 3 is 1.53 bits per heavy atom. The molecule has 0 N–H and O–H groups in total. The van der Waals surface area contributed by atoms with E-state index in [0.29, 0.717) is 0 Å². The number of nitrogens with zero attached hydrogens (tertiary/aromatic N) is 1. The monoisotopic (exact) mass is 907 g/mol. The Hall–Kier alpha value is -8.30. The summed E-state index contributed by atoms with van der Waals surface area (Å²) in [4.78, 5) is 2.56. The van der Waals surface area contributed by atoms with Gasteiger partial charge in [-0.05, 0) is 124 Å². The summed E-state index contributed by atoms with van der Waals surface area (Å²) in [5.74, 6) is 0.128. The average molecular weight is 908 g/mol. The molecule has 0 saturated carbocycles. The molecule has 4 aliphatic carbocycles. The van der Waals surface area contributed by atoms with Crippen LogP contribution in [0.3, 0.4) is 0 Å². The molecule has 1 heterocycles. The number of anilines is 2. The highest BCUT2D eigenvalue weighted by atomic mass is 28.3. The number of benzene rings is 10. The van der Waals surface area contributed by atoms with Gasteiger partial charge in [0.2, 0.25) is 0 Å². The summed E-state index contributed by atoms with van der Waals surface area (Å²) >= 11 is 0. The van der Waals surface area contributed by atoms with Crippen molar-refractivity contribution >= 4 is 51.3 Å². The Morgan fingerprint density at radius 1 is 0.371 bits per heavy atom. The van der Waals surface area contributed by atoms with Gasteiger partial charge in [-0.3, -0.25) is 0 Å². The van der Waals surface area contributed by atoms with Crippen molar-refractivity contribution in [3.8, 4) is 22.3 Å². The Kier molecular flexibility index (Phi) is 9.57. The summed E-state index contributed by atoms with van der Waals surface area (Å²) in [6, 6.07) is 96.8. The van der Waals surface area contributed by atoms with E-state index in [0.717, 1.165) is 6.42 Å². The molecule has 0 radical (unpaired) electrons. The molecule has 0 aromatic heterocycles. The number of fused-ring (bicyclic) bond motifs is 3. The molecular weight excluding hydrogens is 859 g/mol. The van der Waals surface area contributed by atoms with E-state index in [-0.39, 0.29) is 17.9 Å². The van der Waals surface area contributed by atoms with Gasteiger partial charge in [0.15, 0.2) is 8.07 Å². The van der Waals surface area contributed by atoms with Crippen LogP contribution in [0.15, 0.2) is 267 Å². The standard InChI is InChI=1S/C68H49NSi/c1-5-21-46(22-6-1)48-25-17-31-53(43-48)70(52-29-11-4-12-30-52,54-32-18-26-49(44-54)47-23-7-2-8-24-47)64-40-20-38-60-65-57-34-13-14-35-58(57)68(67(60)64)66-55(36-19-37-59(65)66)50-41-42-63-61(45-50)56-33-15-16-39-62(56)69(63)51-27-9-3-10-28-51/h1-41,43-45,63,65,68H,42H2. The summed E-state index contributed by atoms with van der Waals surface area (Å²) in [6.07, 6.45) is 6.01. The number of para-hydroxylation sites is 2. The van der Waals surface area contributed by atoms with Gasteiger partial charge >= 0.3 is 0 Å². The molecule has 3 unspecified atom stereocenters. The molecule has 0 saturated heterocycles. The van der Waals surface area contributed by atoms with Crippen LogP contribution in [0.25, 0.3) is 33.4 Å². The third-order valence-corrected chi connectivity index (χ3v) is 20.7. The number of hydrogen-bond donors (Lipinski definition) is 0. The summed E-state index contributed by atoms with van der Waals surface area (Å²) in [5.41, 5.74) is 21.6. The van der Waals surface area contributed by atoms with Crippen molar-refractivity contribution in [3.63, 3.8) is 0 Å². The third kappa shape index (κ3) is 6.16. The second kappa shape index (κ2) is 16.4. The van der Waals surface area contributed by atoms with Crippen LogP contribution in [0.2, 0.25) is 0 Å². The lowest BCUT2D eigenvalue weighted by molar-refractivity contribution is 0.755. The quantitative estimate of drug-likeness (QED) is 0.108. The van der Waals surface area contributed by atoms with Gasteiger partial charge in [-0.2, -0.15) is 0 Å². The first-order valence-corrected chi connectivity index (χ1v) is 26.8. The van der Waals surface area contributed by atoms with E-state index in [2.05, 4.69) is 272 Å². The van der Waals surface area contributed by atoms with E-state index in [1.54, 1.807) is 0 Å². The van der Waals surface area contributed by atoms with Gasteiger partial charge in [-0.1, -0.05) is 243 Å². The minimum absolute atomic E-state index is 0.0255. The minimum atomic E-state index is -3.17. The summed E-state index contributed by atoms with van der Waals surface area (Å²) in [5, 5.41) is 5.62. The number of allylic oxidation sites excluding steroid dienone is 2. The maximum atomic E-state index is 2.56. The molecule has 1 aliphatic heterocycles. The lowest BCUT2D eigenvalue weighted by Gasteiger charge is -2.47. The van der Waals surface area contributed by atoms with E-state index >= 15 is 0 Å². The van der Waals surface area contributed by atoms with E-state index in [9.17, 15) is 0 Å². The molecule has 5 aliphatic rings. The first kappa shape index (κ1) is 40.7. The van der Waals surface area contributed by atoms with Crippen molar-refractivity contribution in [3.05, 3.63) is 311 Å². The van der Waals surface area contributed by atoms with E-state index in [1.165, 1.54) is 110 Å². The van der Waals surface area contributed by atoms with Gasteiger partial charge < -0.3 is 4.90 Å². The van der Waals surface area contributed by atoms with Crippen LogP contribution in [0, 0.1) is 0 Å². The normalized spacial score (nSPS) is 17.1. The predicted octanol–water partition coefficient (Wildman–Crippen LogP) is 13.8. The fraction of sp³-hybridized carbons (Fsp3) is 0.0588. The molecule has 10 aromatic carbocycles. The molecule has 2 bridgehead atoms. The largest absolute Gasteiger partial charge is 0.333 e. The van der Waals surface area contributed by atoms with E-state index in [1.807, 2.05) is 0 Å². The second-order valence-corrected chi connectivity index (χ2v) is 23.1. The lowest BCUT2D eigenvalue weighted by Crippen LogP contribution is -2.75. The van der Waals surface area contributed by atoms with Gasteiger partial charge in [-0.25, -0.2) is 0 Å². The molecule has 2 heteroatoms. The number of hydrogen-bond acceptors (Lipinski definition) is 1. The van der Waals surface area contributed by atoms with E-state index in [4.69, 9.17) is 0 Å². The summed E-state index contributed by atoms with van der Waals surface area (Å²) in [7, 11) is -3.17. The van der Waals surface area contributed by atoms with Crippen molar-refractivity contribution in [1.29, 1.82) is 0 Å². The van der Waals surface area contributed by atoms with Crippen LogP contribution in [0.5, 0.6) is 0 Å². The molecule has 3 atom stereocenters. The van der Waals surface area contributed by atoms with Crippen molar-refractivity contribution in [1.82, 2.24) is 0 Å². The van der Waals surface area contributed by atoms with Crippen LogP contribution >= 0.6 is 0 Å². The van der Waals surface area contributed by atoms with E-state index < -0.39 is 8.07 Å². The fourth-order valence-electron chi connectivity index (χ4n) is 13.0. The molecule has 10 aromatic rings. The van der Waals surface area contributed by atoms with Gasteiger partial charge in [0, 0.05) is 28.8 Å². The average Bonchev–Trinajstić information content (AvgIpc) is 3.78. The van der Waals surface area contributed by atoms with Crippen LogP contribution in [0.4, 0.5) is 11.4 Å². The molecule has 0 amide bonds. The Morgan fingerprint density at radius 2 is 0.857 bits per heavy atom. The molecule has 0 fully saturated rings. The topological polar surface area (TPSA) is 3.24 Å². The maximum absolute atomic E-state index is 3.17.